The van der Waals surface area contributed by atoms with Crippen LogP contribution in [0.25, 0.3) is 0 Å². The Morgan fingerprint density at radius 1 is 1.22 bits per heavy atom. The van der Waals surface area contributed by atoms with Gasteiger partial charge in [-0.1, -0.05) is 0 Å². The van der Waals surface area contributed by atoms with E-state index in [1.54, 1.807) is 12.5 Å². The van der Waals surface area contributed by atoms with E-state index < -0.39 is 29.1 Å². The predicted molar refractivity (Wildman–Crippen MR) is 70.1 cm³/mol. The Morgan fingerprint density at radius 2 is 1.78 bits per heavy atom. The fourth-order valence-electron chi connectivity index (χ4n) is 1.70. The third-order valence-electron chi connectivity index (χ3n) is 3.48. The largest absolute Gasteiger partial charge is 0.499 e. The molecular weight excluding hydrogens is 251 g/mol. The van der Waals surface area contributed by atoms with Crippen LogP contribution < -0.4 is 5.46 Å². The van der Waals surface area contributed by atoms with Crippen molar-refractivity contribution in [3.63, 3.8) is 0 Å². The van der Waals surface area contributed by atoms with E-state index in [1.807, 2.05) is 27.7 Å². The zero-order valence-corrected chi connectivity index (χ0v) is 12.1. The van der Waals surface area contributed by atoms with Crippen molar-refractivity contribution in [1.29, 1.82) is 0 Å². The Hall–Kier alpha value is -0.785. The molecule has 0 bridgehead atoms. The molecule has 1 atom stereocenters. The van der Waals surface area contributed by atoms with E-state index in [4.69, 9.17) is 9.31 Å². The average Bonchev–Trinajstić information content (AvgIpc) is 2.48. The summed E-state index contributed by atoms with van der Waals surface area (Å²) in [4.78, 5) is 8.01. The maximum atomic E-state index is 11.7. The van der Waals surface area contributed by atoms with E-state index in [2.05, 4.69) is 9.97 Å². The molecule has 0 N–H and O–H groups in total. The van der Waals surface area contributed by atoms with E-state index >= 15 is 0 Å². The summed E-state index contributed by atoms with van der Waals surface area (Å²) in [6, 6.07) is 0. The molecule has 7 heteroatoms. The molecule has 0 saturated carbocycles. The minimum Gasteiger partial charge on any atom is -0.399 e. The Labute approximate surface area is 110 Å². The van der Waals surface area contributed by atoms with Crippen LogP contribution in [0.2, 0.25) is 0 Å². The second kappa shape index (κ2) is 4.40. The highest BCUT2D eigenvalue weighted by Gasteiger charge is 2.52. The average molecular weight is 268 g/mol. The van der Waals surface area contributed by atoms with Gasteiger partial charge in [0.2, 0.25) is 0 Å². The summed E-state index contributed by atoms with van der Waals surface area (Å²) in [6.07, 6.45) is 4.56. The first-order valence-corrected chi connectivity index (χ1v) is 7.29. The van der Waals surface area contributed by atoms with Gasteiger partial charge in [-0.2, -0.15) is 0 Å². The smallest absolute Gasteiger partial charge is 0.399 e. The summed E-state index contributed by atoms with van der Waals surface area (Å²) in [5.74, 6) is 0. The quantitative estimate of drug-likeness (QED) is 0.578. The molecule has 1 aliphatic rings. The first-order valence-electron chi connectivity index (χ1n) is 5.73. The number of aromatic nitrogens is 2. The first kappa shape index (κ1) is 13.6. The van der Waals surface area contributed by atoms with Crippen molar-refractivity contribution in [3.8, 4) is 0 Å². The highest BCUT2D eigenvalue weighted by molar-refractivity contribution is 7.84. The summed E-state index contributed by atoms with van der Waals surface area (Å²) < 4.78 is 23.5. The molecule has 5 nitrogen and oxygen atoms in total. The molecule has 1 saturated heterocycles. The van der Waals surface area contributed by atoms with Crippen molar-refractivity contribution in [1.82, 2.24) is 9.97 Å². The first-order chi connectivity index (χ1) is 8.24. The van der Waals surface area contributed by atoms with Crippen molar-refractivity contribution in [3.05, 3.63) is 12.5 Å². The van der Waals surface area contributed by atoms with Gasteiger partial charge >= 0.3 is 7.12 Å². The van der Waals surface area contributed by atoms with Gasteiger partial charge in [0.15, 0.2) is 0 Å². The van der Waals surface area contributed by atoms with Crippen molar-refractivity contribution in [2.75, 3.05) is 6.26 Å². The molecule has 0 amide bonds. The fourth-order valence-corrected chi connectivity index (χ4v) is 2.38. The van der Waals surface area contributed by atoms with Crippen LogP contribution in [0.1, 0.15) is 27.7 Å². The molecule has 1 aliphatic heterocycles. The summed E-state index contributed by atoms with van der Waals surface area (Å²) in [5.41, 5.74) is -0.225. The highest BCUT2D eigenvalue weighted by Crippen LogP contribution is 2.36. The van der Waals surface area contributed by atoms with Gasteiger partial charge in [-0.3, -0.25) is 4.21 Å². The predicted octanol–water partition coefficient (Wildman–Crippen LogP) is 0.513. The summed E-state index contributed by atoms with van der Waals surface area (Å²) in [7, 11) is -1.77. The van der Waals surface area contributed by atoms with Crippen LogP contribution in [0.5, 0.6) is 0 Å². The number of hydrogen-bond donors (Lipinski definition) is 0. The van der Waals surface area contributed by atoms with Gasteiger partial charge in [0.1, 0.15) is 11.4 Å². The number of hydrogen-bond acceptors (Lipinski definition) is 5. The highest BCUT2D eigenvalue weighted by atomic mass is 32.2. The second-order valence-corrected chi connectivity index (χ2v) is 6.62. The molecule has 2 rings (SSSR count). The summed E-state index contributed by atoms with van der Waals surface area (Å²) >= 11 is 0. The third kappa shape index (κ3) is 2.22. The topological polar surface area (TPSA) is 61.3 Å². The minimum atomic E-state index is -1.20. The van der Waals surface area contributed by atoms with Gasteiger partial charge in [-0.25, -0.2) is 9.97 Å². The van der Waals surface area contributed by atoms with Crippen LogP contribution in [0.3, 0.4) is 0 Å². The van der Waals surface area contributed by atoms with Crippen LogP contribution in [0, 0.1) is 0 Å². The third-order valence-corrected chi connectivity index (χ3v) is 4.37. The molecule has 1 fully saturated rings. The van der Waals surface area contributed by atoms with Crippen molar-refractivity contribution in [2.45, 2.75) is 43.9 Å². The lowest BCUT2D eigenvalue weighted by Gasteiger charge is -2.32. The summed E-state index contributed by atoms with van der Waals surface area (Å²) in [6.45, 7) is 7.89. The van der Waals surface area contributed by atoms with Gasteiger partial charge in [0.25, 0.3) is 0 Å². The van der Waals surface area contributed by atoms with E-state index in [0.717, 1.165) is 0 Å². The molecule has 0 aromatic carbocycles. The number of nitrogens with zero attached hydrogens (tertiary/aromatic N) is 2. The monoisotopic (exact) mass is 268 g/mol. The van der Waals surface area contributed by atoms with Gasteiger partial charge in [0.05, 0.1) is 22.0 Å². The normalized spacial score (nSPS) is 23.1. The van der Waals surface area contributed by atoms with Crippen LogP contribution in [0.4, 0.5) is 0 Å². The van der Waals surface area contributed by atoms with Gasteiger partial charge in [-0.05, 0) is 27.7 Å². The lowest BCUT2D eigenvalue weighted by Crippen LogP contribution is -2.41. The Morgan fingerprint density at radius 3 is 2.28 bits per heavy atom. The molecule has 98 valence electrons. The second-order valence-electron chi connectivity index (χ2n) is 5.33. The summed E-state index contributed by atoms with van der Waals surface area (Å²) in [5, 5.41) is 0.462. The Bertz CT molecular complexity index is 477. The maximum Gasteiger partial charge on any atom is 0.499 e. The molecule has 0 aliphatic carbocycles. The Kier molecular flexibility index (Phi) is 3.33. The van der Waals surface area contributed by atoms with E-state index in [-0.39, 0.29) is 0 Å². The zero-order chi connectivity index (χ0) is 13.6. The Balaban J connectivity index is 2.38. The molecule has 1 aromatic rings. The fraction of sp³-hybridized carbons (Fsp3) is 0.636. The van der Waals surface area contributed by atoms with Crippen molar-refractivity contribution < 1.29 is 13.5 Å². The molecule has 18 heavy (non-hydrogen) atoms. The van der Waals surface area contributed by atoms with E-state index in [9.17, 15) is 4.21 Å². The van der Waals surface area contributed by atoms with Crippen LogP contribution >= 0.6 is 0 Å². The van der Waals surface area contributed by atoms with Gasteiger partial charge < -0.3 is 9.31 Å². The lowest BCUT2D eigenvalue weighted by molar-refractivity contribution is 0.00578. The molecule has 0 radical (unpaired) electrons. The lowest BCUT2D eigenvalue weighted by atomic mass is 9.81. The molecule has 0 spiro atoms. The van der Waals surface area contributed by atoms with Crippen LogP contribution in [0.15, 0.2) is 17.6 Å². The molecular formula is C11H17BN2O3S. The van der Waals surface area contributed by atoms with Crippen LogP contribution in [-0.2, 0) is 20.1 Å². The van der Waals surface area contributed by atoms with Crippen LogP contribution in [-0.4, -0.2) is 38.8 Å². The van der Waals surface area contributed by atoms with E-state index in [1.165, 1.54) is 6.33 Å². The SMILES string of the molecule is CS(=O)c1ncncc1B1OC(C)(C)C(C)(C)O1. The van der Waals surface area contributed by atoms with Crippen molar-refractivity contribution in [2.24, 2.45) is 0 Å². The zero-order valence-electron chi connectivity index (χ0n) is 11.3. The minimum absolute atomic E-state index is 0.431. The standard InChI is InChI=1S/C11H17BN2O3S/c1-10(2)11(3,4)17-12(16-10)8-6-13-7-14-9(8)18(5)15/h6-7H,1-5H3. The van der Waals surface area contributed by atoms with Gasteiger partial charge in [-0.15, -0.1) is 0 Å². The molecule has 1 aromatic heterocycles. The molecule has 1 unspecified atom stereocenters. The maximum absolute atomic E-state index is 11.7. The van der Waals surface area contributed by atoms with E-state index in [0.29, 0.717) is 10.5 Å². The number of rotatable bonds is 2. The van der Waals surface area contributed by atoms with Crippen molar-refractivity contribution >= 4 is 23.4 Å². The molecule has 2 heterocycles. The van der Waals surface area contributed by atoms with Gasteiger partial charge in [0, 0.05) is 17.9 Å².